The molecule has 2 N–H and O–H groups in total. The van der Waals surface area contributed by atoms with Crippen LogP contribution in [0.1, 0.15) is 11.1 Å². The zero-order valence-electron chi connectivity index (χ0n) is 11.0. The van der Waals surface area contributed by atoms with E-state index in [4.69, 9.17) is 5.73 Å². The number of nitrogens with two attached hydrogens (primary N) is 1. The van der Waals surface area contributed by atoms with Crippen LogP contribution in [0.25, 0.3) is 0 Å². The number of benzene rings is 2. The van der Waals surface area contributed by atoms with Gasteiger partial charge in [-0.3, -0.25) is 4.79 Å². The first-order valence-corrected chi connectivity index (χ1v) is 6.57. The highest BCUT2D eigenvalue weighted by atomic mass is 19.1. The molecule has 0 atom stereocenters. The molecule has 4 heteroatoms. The third kappa shape index (κ3) is 2.25. The van der Waals surface area contributed by atoms with Crippen molar-refractivity contribution in [1.29, 1.82) is 0 Å². The van der Waals surface area contributed by atoms with Crippen LogP contribution in [0.3, 0.4) is 0 Å². The van der Waals surface area contributed by atoms with Gasteiger partial charge in [0.1, 0.15) is 5.82 Å². The van der Waals surface area contributed by atoms with E-state index in [2.05, 4.69) is 0 Å². The van der Waals surface area contributed by atoms with Crippen LogP contribution in [0.15, 0.2) is 42.5 Å². The molecule has 20 heavy (non-hydrogen) atoms. The average molecular weight is 270 g/mol. The number of hydrogen-bond acceptors (Lipinski definition) is 2. The summed E-state index contributed by atoms with van der Waals surface area (Å²) in [6, 6.07) is 11.8. The number of rotatable bonds is 2. The van der Waals surface area contributed by atoms with Crippen LogP contribution in [0.2, 0.25) is 0 Å². The summed E-state index contributed by atoms with van der Waals surface area (Å²) in [5.41, 5.74) is 9.17. The molecule has 0 saturated heterocycles. The maximum Gasteiger partial charge on any atom is 0.231 e. The topological polar surface area (TPSA) is 46.3 Å². The molecule has 1 amide bonds. The molecule has 1 aliphatic heterocycles. The maximum absolute atomic E-state index is 13.2. The fourth-order valence-corrected chi connectivity index (χ4v) is 2.65. The Hall–Kier alpha value is -2.36. The van der Waals surface area contributed by atoms with Gasteiger partial charge < -0.3 is 10.6 Å². The van der Waals surface area contributed by atoms with Crippen molar-refractivity contribution in [2.45, 2.75) is 12.8 Å². The van der Waals surface area contributed by atoms with Gasteiger partial charge in [0.25, 0.3) is 0 Å². The van der Waals surface area contributed by atoms with Crippen molar-refractivity contribution in [3.8, 4) is 0 Å². The van der Waals surface area contributed by atoms with Crippen LogP contribution < -0.4 is 10.6 Å². The second-order valence-corrected chi connectivity index (χ2v) is 4.96. The molecule has 0 bridgehead atoms. The Labute approximate surface area is 116 Å². The lowest BCUT2D eigenvalue weighted by Gasteiger charge is -2.19. The number of fused-ring (bicyclic) bond motifs is 1. The van der Waals surface area contributed by atoms with Crippen LogP contribution >= 0.6 is 0 Å². The molecule has 2 aromatic carbocycles. The third-order valence-corrected chi connectivity index (χ3v) is 3.57. The highest BCUT2D eigenvalue weighted by molar-refractivity contribution is 5.99. The minimum Gasteiger partial charge on any atom is -0.397 e. The van der Waals surface area contributed by atoms with Gasteiger partial charge in [0.2, 0.25) is 5.91 Å². The number of carbonyl (C=O) groups excluding carboxylic acids is 1. The summed E-state index contributed by atoms with van der Waals surface area (Å²) in [4.78, 5) is 14.1. The second kappa shape index (κ2) is 4.96. The lowest BCUT2D eigenvalue weighted by Crippen LogP contribution is -2.30. The average Bonchev–Trinajstić information content (AvgIpc) is 2.84. The van der Waals surface area contributed by atoms with E-state index >= 15 is 0 Å². The summed E-state index contributed by atoms with van der Waals surface area (Å²) in [6.45, 7) is 0.637. The quantitative estimate of drug-likeness (QED) is 0.852. The molecule has 0 fully saturated rings. The highest BCUT2D eigenvalue weighted by Crippen LogP contribution is 2.33. The number of halogens is 1. The normalized spacial score (nSPS) is 13.3. The van der Waals surface area contributed by atoms with E-state index in [1.165, 1.54) is 12.1 Å². The van der Waals surface area contributed by atoms with Crippen molar-refractivity contribution in [3.05, 3.63) is 59.4 Å². The number of anilines is 2. The van der Waals surface area contributed by atoms with Crippen LogP contribution in [-0.2, 0) is 17.6 Å². The summed E-state index contributed by atoms with van der Waals surface area (Å²) in [5, 5.41) is 0. The number of nitrogens with zero attached hydrogens (tertiary/aromatic N) is 1. The van der Waals surface area contributed by atoms with Crippen molar-refractivity contribution in [3.63, 3.8) is 0 Å². The maximum atomic E-state index is 13.2. The van der Waals surface area contributed by atoms with Crippen molar-refractivity contribution in [2.24, 2.45) is 0 Å². The zero-order valence-corrected chi connectivity index (χ0v) is 11.0. The number of carbonyl (C=O) groups is 1. The van der Waals surface area contributed by atoms with Crippen LogP contribution in [0.4, 0.5) is 15.8 Å². The van der Waals surface area contributed by atoms with E-state index in [1.54, 1.807) is 23.1 Å². The minimum atomic E-state index is -0.323. The van der Waals surface area contributed by atoms with Gasteiger partial charge in [0, 0.05) is 6.54 Å². The second-order valence-electron chi connectivity index (χ2n) is 4.96. The molecular weight excluding hydrogens is 255 g/mol. The van der Waals surface area contributed by atoms with Gasteiger partial charge in [-0.1, -0.05) is 24.3 Å². The largest absolute Gasteiger partial charge is 0.397 e. The standard InChI is InChI=1S/C16H15FN2O/c17-13-5-1-3-11(9-13)10-15(20)19-8-7-12-4-2-6-14(18)16(12)19/h1-6,9H,7-8,10,18H2. The van der Waals surface area contributed by atoms with Gasteiger partial charge in [-0.15, -0.1) is 0 Å². The van der Waals surface area contributed by atoms with Gasteiger partial charge in [0.15, 0.2) is 0 Å². The minimum absolute atomic E-state index is 0.0488. The number of amides is 1. The number of nitrogen functional groups attached to an aromatic ring is 1. The predicted octanol–water partition coefficient (Wildman–Crippen LogP) is 2.54. The van der Waals surface area contributed by atoms with Gasteiger partial charge in [0.05, 0.1) is 17.8 Å². The fraction of sp³-hybridized carbons (Fsp3) is 0.188. The van der Waals surface area contributed by atoms with E-state index in [0.717, 1.165) is 17.7 Å². The molecule has 3 nitrogen and oxygen atoms in total. The molecule has 2 aromatic rings. The summed E-state index contributed by atoms with van der Waals surface area (Å²) >= 11 is 0. The van der Waals surface area contributed by atoms with E-state index in [-0.39, 0.29) is 18.1 Å². The Morgan fingerprint density at radius 2 is 2.05 bits per heavy atom. The monoisotopic (exact) mass is 270 g/mol. The Bertz CT molecular complexity index is 669. The Kier molecular flexibility index (Phi) is 3.14. The molecule has 0 aromatic heterocycles. The molecule has 1 aliphatic rings. The number of hydrogen-bond donors (Lipinski definition) is 1. The zero-order chi connectivity index (χ0) is 14.1. The molecule has 0 aliphatic carbocycles. The van der Waals surface area contributed by atoms with E-state index < -0.39 is 0 Å². The van der Waals surface area contributed by atoms with E-state index in [0.29, 0.717) is 17.8 Å². The Morgan fingerprint density at radius 3 is 2.85 bits per heavy atom. The molecule has 1 heterocycles. The van der Waals surface area contributed by atoms with Crippen molar-refractivity contribution in [1.82, 2.24) is 0 Å². The molecule has 0 spiro atoms. The highest BCUT2D eigenvalue weighted by Gasteiger charge is 2.26. The number of para-hydroxylation sites is 1. The van der Waals surface area contributed by atoms with Crippen molar-refractivity contribution >= 4 is 17.3 Å². The van der Waals surface area contributed by atoms with Crippen LogP contribution in [0.5, 0.6) is 0 Å². The van der Waals surface area contributed by atoms with Gasteiger partial charge in [-0.05, 0) is 35.7 Å². The van der Waals surface area contributed by atoms with E-state index in [9.17, 15) is 9.18 Å². The van der Waals surface area contributed by atoms with Crippen molar-refractivity contribution in [2.75, 3.05) is 17.2 Å². The molecule has 0 unspecified atom stereocenters. The molecule has 0 radical (unpaired) electrons. The lowest BCUT2D eigenvalue weighted by molar-refractivity contribution is -0.117. The molecule has 3 rings (SSSR count). The van der Waals surface area contributed by atoms with Gasteiger partial charge >= 0.3 is 0 Å². The summed E-state index contributed by atoms with van der Waals surface area (Å²) in [7, 11) is 0. The van der Waals surface area contributed by atoms with Crippen molar-refractivity contribution < 1.29 is 9.18 Å². The fourth-order valence-electron chi connectivity index (χ4n) is 2.65. The summed E-state index contributed by atoms with van der Waals surface area (Å²) in [5.74, 6) is -0.371. The van der Waals surface area contributed by atoms with Crippen LogP contribution in [0, 0.1) is 5.82 Å². The lowest BCUT2D eigenvalue weighted by atomic mass is 10.1. The van der Waals surface area contributed by atoms with Gasteiger partial charge in [-0.25, -0.2) is 4.39 Å². The Morgan fingerprint density at radius 1 is 1.25 bits per heavy atom. The van der Waals surface area contributed by atoms with Crippen LogP contribution in [-0.4, -0.2) is 12.5 Å². The first-order chi connectivity index (χ1) is 9.65. The predicted molar refractivity (Wildman–Crippen MR) is 77.0 cm³/mol. The summed E-state index contributed by atoms with van der Waals surface area (Å²) in [6.07, 6.45) is 1.00. The summed E-state index contributed by atoms with van der Waals surface area (Å²) < 4.78 is 13.2. The molecular formula is C16H15FN2O. The van der Waals surface area contributed by atoms with Gasteiger partial charge in [-0.2, -0.15) is 0 Å². The van der Waals surface area contributed by atoms with E-state index in [1.807, 2.05) is 12.1 Å². The smallest absolute Gasteiger partial charge is 0.231 e. The molecule has 102 valence electrons. The SMILES string of the molecule is Nc1cccc2c1N(C(=O)Cc1cccc(F)c1)CC2. The molecule has 0 saturated carbocycles. The third-order valence-electron chi connectivity index (χ3n) is 3.57. The first kappa shape index (κ1) is 12.7. The Balaban J connectivity index is 1.84. The first-order valence-electron chi connectivity index (χ1n) is 6.57.